The Morgan fingerprint density at radius 1 is 1.18 bits per heavy atom. The van der Waals surface area contributed by atoms with Gasteiger partial charge in [-0.05, 0) is 39.7 Å². The predicted octanol–water partition coefficient (Wildman–Crippen LogP) is 3.73. The highest BCUT2D eigenvalue weighted by Gasteiger charge is 2.03. The summed E-state index contributed by atoms with van der Waals surface area (Å²) in [5.41, 5.74) is 0.857. The normalized spacial score (nSPS) is 10.3. The first-order valence-electron chi connectivity index (χ1n) is 4.94. The Morgan fingerprint density at radius 3 is 2.53 bits per heavy atom. The van der Waals surface area contributed by atoms with Gasteiger partial charge in [-0.15, -0.1) is 0 Å². The average Bonchev–Trinajstić information content (AvgIpc) is 2.30. The van der Waals surface area contributed by atoms with Crippen LogP contribution in [-0.4, -0.2) is 4.98 Å². The van der Waals surface area contributed by atoms with E-state index in [4.69, 9.17) is 0 Å². The fourth-order valence-electron chi connectivity index (χ4n) is 1.33. The Kier molecular flexibility index (Phi) is 3.68. The molecule has 0 aliphatic carbocycles. The van der Waals surface area contributed by atoms with Crippen LogP contribution in [0.1, 0.15) is 5.56 Å². The van der Waals surface area contributed by atoms with Crippen LogP contribution in [0.4, 0.5) is 14.6 Å². The molecular formula is C12H9BrF2N2. The molecule has 0 spiro atoms. The number of hydrogen-bond donors (Lipinski definition) is 1. The molecule has 0 atom stereocenters. The van der Waals surface area contributed by atoms with Crippen LogP contribution in [0.2, 0.25) is 0 Å². The van der Waals surface area contributed by atoms with Gasteiger partial charge in [0.25, 0.3) is 0 Å². The maximum atomic E-state index is 13.4. The van der Waals surface area contributed by atoms with E-state index in [2.05, 4.69) is 26.2 Å². The van der Waals surface area contributed by atoms with E-state index in [1.807, 2.05) is 0 Å². The van der Waals surface area contributed by atoms with Crippen molar-refractivity contribution >= 4 is 21.7 Å². The Hall–Kier alpha value is -1.49. The third-order valence-electron chi connectivity index (χ3n) is 2.18. The summed E-state index contributed by atoms with van der Waals surface area (Å²) < 4.78 is 26.6. The SMILES string of the molecule is Fc1ccc(CNc2ncc(Br)cc2F)cc1. The summed E-state index contributed by atoms with van der Waals surface area (Å²) in [6, 6.07) is 7.34. The van der Waals surface area contributed by atoms with Gasteiger partial charge in [0.15, 0.2) is 11.6 Å². The Labute approximate surface area is 106 Å². The second-order valence-electron chi connectivity index (χ2n) is 3.46. The van der Waals surface area contributed by atoms with E-state index >= 15 is 0 Å². The molecule has 2 nitrogen and oxygen atoms in total. The summed E-state index contributed by atoms with van der Waals surface area (Å²) >= 11 is 3.13. The standard InChI is InChI=1S/C12H9BrF2N2/c13-9-5-11(15)12(17-7-9)16-6-8-1-3-10(14)4-2-8/h1-5,7H,6H2,(H,16,17). The zero-order chi connectivity index (χ0) is 12.3. The Morgan fingerprint density at radius 2 is 1.88 bits per heavy atom. The largest absolute Gasteiger partial charge is 0.364 e. The second kappa shape index (κ2) is 5.23. The molecule has 0 saturated carbocycles. The molecule has 1 heterocycles. The molecule has 88 valence electrons. The van der Waals surface area contributed by atoms with Gasteiger partial charge < -0.3 is 5.32 Å². The molecule has 1 aromatic heterocycles. The highest BCUT2D eigenvalue weighted by Crippen LogP contribution is 2.16. The van der Waals surface area contributed by atoms with Crippen molar-refractivity contribution < 1.29 is 8.78 Å². The molecule has 0 radical (unpaired) electrons. The van der Waals surface area contributed by atoms with Gasteiger partial charge in [0.2, 0.25) is 0 Å². The number of rotatable bonds is 3. The van der Waals surface area contributed by atoms with Gasteiger partial charge in [-0.3, -0.25) is 0 Å². The lowest BCUT2D eigenvalue weighted by Crippen LogP contribution is -2.03. The number of nitrogens with zero attached hydrogens (tertiary/aromatic N) is 1. The lowest BCUT2D eigenvalue weighted by atomic mass is 10.2. The van der Waals surface area contributed by atoms with Crippen LogP contribution in [0.25, 0.3) is 0 Å². The lowest BCUT2D eigenvalue weighted by molar-refractivity contribution is 0.622. The van der Waals surface area contributed by atoms with Gasteiger partial charge in [0.05, 0.1) is 0 Å². The van der Waals surface area contributed by atoms with E-state index in [1.165, 1.54) is 24.4 Å². The topological polar surface area (TPSA) is 24.9 Å². The maximum Gasteiger partial charge on any atom is 0.166 e. The number of anilines is 1. The van der Waals surface area contributed by atoms with Gasteiger partial charge in [0.1, 0.15) is 5.82 Å². The van der Waals surface area contributed by atoms with E-state index in [9.17, 15) is 8.78 Å². The molecule has 0 fully saturated rings. The smallest absolute Gasteiger partial charge is 0.166 e. The molecule has 5 heteroatoms. The first kappa shape index (κ1) is 12.0. The van der Waals surface area contributed by atoms with Gasteiger partial charge in [0, 0.05) is 17.2 Å². The van der Waals surface area contributed by atoms with E-state index in [0.717, 1.165) is 5.56 Å². The molecule has 1 aromatic carbocycles. The fourth-order valence-corrected chi connectivity index (χ4v) is 1.64. The number of hydrogen-bond acceptors (Lipinski definition) is 2. The van der Waals surface area contributed by atoms with Crippen molar-refractivity contribution in [2.24, 2.45) is 0 Å². The van der Waals surface area contributed by atoms with Crippen molar-refractivity contribution in [3.63, 3.8) is 0 Å². The van der Waals surface area contributed by atoms with Gasteiger partial charge in [-0.2, -0.15) is 0 Å². The van der Waals surface area contributed by atoms with Gasteiger partial charge >= 0.3 is 0 Å². The molecule has 0 unspecified atom stereocenters. The Bertz CT molecular complexity index is 514. The number of aromatic nitrogens is 1. The predicted molar refractivity (Wildman–Crippen MR) is 65.6 cm³/mol. The minimum Gasteiger partial charge on any atom is -0.364 e. The second-order valence-corrected chi connectivity index (χ2v) is 4.38. The van der Waals surface area contributed by atoms with Crippen molar-refractivity contribution in [3.05, 3.63) is 58.2 Å². The number of benzene rings is 1. The van der Waals surface area contributed by atoms with E-state index in [0.29, 0.717) is 11.0 Å². The summed E-state index contributed by atoms with van der Waals surface area (Å²) in [6.07, 6.45) is 1.51. The minimum atomic E-state index is -0.429. The van der Waals surface area contributed by atoms with Gasteiger partial charge in [-0.1, -0.05) is 12.1 Å². The van der Waals surface area contributed by atoms with Crippen LogP contribution >= 0.6 is 15.9 Å². The quantitative estimate of drug-likeness (QED) is 0.934. The van der Waals surface area contributed by atoms with Crippen LogP contribution in [0, 0.1) is 11.6 Å². The van der Waals surface area contributed by atoms with Crippen molar-refractivity contribution in [3.8, 4) is 0 Å². The van der Waals surface area contributed by atoms with E-state index in [-0.39, 0.29) is 11.6 Å². The van der Waals surface area contributed by atoms with Crippen molar-refractivity contribution in [2.75, 3.05) is 5.32 Å². The van der Waals surface area contributed by atoms with E-state index < -0.39 is 5.82 Å². The highest BCUT2D eigenvalue weighted by atomic mass is 79.9. The Balaban J connectivity index is 2.04. The molecule has 17 heavy (non-hydrogen) atoms. The van der Waals surface area contributed by atoms with Crippen molar-refractivity contribution in [1.29, 1.82) is 0 Å². The molecule has 0 aliphatic heterocycles. The molecule has 0 saturated heterocycles. The first-order chi connectivity index (χ1) is 8.15. The summed E-state index contributed by atoms with van der Waals surface area (Å²) in [5.74, 6) is -0.541. The van der Waals surface area contributed by atoms with E-state index in [1.54, 1.807) is 12.1 Å². The van der Waals surface area contributed by atoms with Crippen LogP contribution < -0.4 is 5.32 Å². The molecule has 2 rings (SSSR count). The molecule has 0 amide bonds. The molecule has 1 N–H and O–H groups in total. The average molecular weight is 299 g/mol. The number of pyridine rings is 1. The zero-order valence-corrected chi connectivity index (χ0v) is 10.3. The summed E-state index contributed by atoms with van der Waals surface area (Å²) in [4.78, 5) is 3.90. The first-order valence-corrected chi connectivity index (χ1v) is 5.74. The van der Waals surface area contributed by atoms with Gasteiger partial charge in [-0.25, -0.2) is 13.8 Å². The van der Waals surface area contributed by atoms with Crippen LogP contribution in [0.15, 0.2) is 41.0 Å². The highest BCUT2D eigenvalue weighted by molar-refractivity contribution is 9.10. The summed E-state index contributed by atoms with van der Waals surface area (Å²) in [7, 11) is 0. The maximum absolute atomic E-state index is 13.4. The molecule has 0 bridgehead atoms. The third-order valence-corrected chi connectivity index (χ3v) is 2.61. The van der Waals surface area contributed by atoms with Crippen LogP contribution in [0.3, 0.4) is 0 Å². The lowest BCUT2D eigenvalue weighted by Gasteiger charge is -2.06. The molecular weight excluding hydrogens is 290 g/mol. The van der Waals surface area contributed by atoms with Crippen molar-refractivity contribution in [2.45, 2.75) is 6.54 Å². The number of nitrogens with one attached hydrogen (secondary N) is 1. The van der Waals surface area contributed by atoms with Crippen LogP contribution in [-0.2, 0) is 6.54 Å². The van der Waals surface area contributed by atoms with Crippen molar-refractivity contribution in [1.82, 2.24) is 4.98 Å². The summed E-state index contributed by atoms with van der Waals surface area (Å²) in [5, 5.41) is 2.85. The monoisotopic (exact) mass is 298 g/mol. The minimum absolute atomic E-state index is 0.178. The molecule has 0 aliphatic rings. The number of halogens is 3. The molecule has 2 aromatic rings. The third kappa shape index (κ3) is 3.23. The fraction of sp³-hybridized carbons (Fsp3) is 0.0833. The van der Waals surface area contributed by atoms with Crippen LogP contribution in [0.5, 0.6) is 0 Å². The zero-order valence-electron chi connectivity index (χ0n) is 8.75. The summed E-state index contributed by atoms with van der Waals surface area (Å²) in [6.45, 7) is 0.395.